The fraction of sp³-hybridized carbons (Fsp3) is 0.750. The molecular formula is C20H30O3. The first-order valence-electron chi connectivity index (χ1n) is 8.95. The fourth-order valence-corrected chi connectivity index (χ4v) is 5.04. The Morgan fingerprint density at radius 2 is 2.17 bits per heavy atom. The van der Waals surface area contributed by atoms with E-state index in [1.54, 1.807) is 0 Å². The molecule has 1 saturated carbocycles. The highest BCUT2D eigenvalue weighted by Gasteiger charge is 2.59. The summed E-state index contributed by atoms with van der Waals surface area (Å²) in [5.41, 5.74) is 1.49. The fourth-order valence-electron chi connectivity index (χ4n) is 5.04. The Bertz CT molecular complexity index is 545. The van der Waals surface area contributed by atoms with Gasteiger partial charge in [0.05, 0.1) is 23.7 Å². The Hall–Kier alpha value is -0.930. The summed E-state index contributed by atoms with van der Waals surface area (Å²) in [5.74, 6) is 0.613. The molecule has 0 radical (unpaired) electrons. The van der Waals surface area contributed by atoms with Gasteiger partial charge in [-0.2, -0.15) is 0 Å². The van der Waals surface area contributed by atoms with Crippen molar-refractivity contribution in [3.8, 4) is 0 Å². The van der Waals surface area contributed by atoms with Crippen molar-refractivity contribution in [3.05, 3.63) is 23.8 Å². The van der Waals surface area contributed by atoms with Gasteiger partial charge < -0.3 is 9.84 Å². The molecule has 2 aliphatic heterocycles. The van der Waals surface area contributed by atoms with Crippen molar-refractivity contribution in [1.82, 2.24) is 0 Å². The first kappa shape index (κ1) is 16.9. The highest BCUT2D eigenvalue weighted by Crippen LogP contribution is 2.52. The van der Waals surface area contributed by atoms with Crippen molar-refractivity contribution in [2.24, 2.45) is 23.7 Å². The van der Waals surface area contributed by atoms with Gasteiger partial charge in [-0.1, -0.05) is 30.7 Å². The first-order chi connectivity index (χ1) is 10.7. The third-order valence-corrected chi connectivity index (χ3v) is 6.28. The maximum atomic E-state index is 12.9. The van der Waals surface area contributed by atoms with E-state index in [4.69, 9.17) is 4.74 Å². The van der Waals surface area contributed by atoms with Gasteiger partial charge in [0.25, 0.3) is 0 Å². The molecule has 0 spiro atoms. The minimum atomic E-state index is -0.895. The van der Waals surface area contributed by atoms with Crippen LogP contribution in [0.3, 0.4) is 0 Å². The van der Waals surface area contributed by atoms with Crippen LogP contribution in [0.2, 0.25) is 0 Å². The molecule has 0 unspecified atom stereocenters. The largest absolute Gasteiger partial charge is 0.387 e. The smallest absolute Gasteiger partial charge is 0.141 e. The van der Waals surface area contributed by atoms with Gasteiger partial charge in [-0.25, -0.2) is 0 Å². The van der Waals surface area contributed by atoms with Gasteiger partial charge in [-0.3, -0.25) is 4.79 Å². The molecule has 3 nitrogen and oxygen atoms in total. The van der Waals surface area contributed by atoms with E-state index in [1.807, 2.05) is 13.8 Å². The second-order valence-electron chi connectivity index (χ2n) is 8.34. The summed E-state index contributed by atoms with van der Waals surface area (Å²) in [6, 6.07) is 0. The molecule has 0 amide bonds. The van der Waals surface area contributed by atoms with Crippen molar-refractivity contribution in [2.75, 3.05) is 0 Å². The van der Waals surface area contributed by atoms with Crippen LogP contribution in [0.5, 0.6) is 0 Å². The van der Waals surface area contributed by atoms with Crippen molar-refractivity contribution >= 4 is 5.78 Å². The van der Waals surface area contributed by atoms with E-state index in [0.29, 0.717) is 12.2 Å². The summed E-state index contributed by atoms with van der Waals surface area (Å²) in [5, 5.41) is 11.1. The van der Waals surface area contributed by atoms with Gasteiger partial charge >= 0.3 is 0 Å². The highest BCUT2D eigenvalue weighted by molar-refractivity contribution is 5.85. The average molecular weight is 318 g/mol. The van der Waals surface area contributed by atoms with E-state index in [9.17, 15) is 9.90 Å². The molecule has 0 aromatic carbocycles. The lowest BCUT2D eigenvalue weighted by atomic mass is 9.61. The quantitative estimate of drug-likeness (QED) is 0.750. The third kappa shape index (κ3) is 2.83. The zero-order chi connectivity index (χ0) is 16.9. The molecule has 2 bridgehead atoms. The van der Waals surface area contributed by atoms with Crippen molar-refractivity contribution < 1.29 is 14.6 Å². The molecule has 1 saturated heterocycles. The van der Waals surface area contributed by atoms with Crippen molar-refractivity contribution in [1.29, 1.82) is 0 Å². The van der Waals surface area contributed by atoms with Crippen molar-refractivity contribution in [2.45, 2.75) is 71.2 Å². The Labute approximate surface area is 139 Å². The number of carbonyl (C=O) groups excluding carboxylic acids is 1. The molecule has 1 aliphatic carbocycles. The van der Waals surface area contributed by atoms with Gasteiger partial charge in [0.2, 0.25) is 0 Å². The summed E-state index contributed by atoms with van der Waals surface area (Å²) in [7, 11) is 0. The summed E-state index contributed by atoms with van der Waals surface area (Å²) in [4.78, 5) is 12.9. The molecule has 3 aliphatic rings. The second kappa shape index (κ2) is 5.86. The van der Waals surface area contributed by atoms with Crippen LogP contribution in [0.4, 0.5) is 0 Å². The number of hydrogen-bond acceptors (Lipinski definition) is 3. The zero-order valence-corrected chi connectivity index (χ0v) is 14.8. The number of Topliss-reactive ketones (excluding diaryl/α,β-unsaturated/α-hetero) is 1. The normalized spacial score (nSPS) is 49.4. The predicted octanol–water partition coefficient (Wildman–Crippen LogP) is 3.67. The van der Waals surface area contributed by atoms with E-state index >= 15 is 0 Å². The van der Waals surface area contributed by atoms with Gasteiger partial charge in [0, 0.05) is 11.8 Å². The molecule has 2 fully saturated rings. The molecule has 2 heterocycles. The van der Waals surface area contributed by atoms with Crippen molar-refractivity contribution in [3.63, 3.8) is 0 Å². The molecule has 0 aromatic rings. The van der Waals surface area contributed by atoms with Gasteiger partial charge in [-0.15, -0.1) is 0 Å². The number of carbonyl (C=O) groups is 1. The minimum Gasteiger partial charge on any atom is -0.387 e. The number of aliphatic hydroxyl groups is 1. The van der Waals surface area contributed by atoms with Crippen LogP contribution in [-0.2, 0) is 9.53 Å². The standard InChI is InChI=1S/C20H30O3/c1-11(2)14-10-13(4)18(21)17-15-9-12(3)7-6-8-20(5,22)19(23-15)16(14)17/h7,13-17,19,22H,1,6,8-10H2,2-5H3/b12-7-/t13-,14-,15-,16-,17-,19-,20-/m1/s1. The van der Waals surface area contributed by atoms with Gasteiger partial charge in [0.15, 0.2) is 0 Å². The van der Waals surface area contributed by atoms with Crippen LogP contribution in [0.15, 0.2) is 23.8 Å². The maximum absolute atomic E-state index is 12.9. The molecule has 7 atom stereocenters. The number of ketones is 1. The topological polar surface area (TPSA) is 46.5 Å². The van der Waals surface area contributed by atoms with Crippen LogP contribution < -0.4 is 0 Å². The second-order valence-corrected chi connectivity index (χ2v) is 8.34. The number of fused-ring (bicyclic) bond motifs is 5. The van der Waals surface area contributed by atoms with Gasteiger partial charge in [-0.05, 0) is 52.4 Å². The molecule has 1 N–H and O–H groups in total. The summed E-state index contributed by atoms with van der Waals surface area (Å²) >= 11 is 0. The first-order valence-corrected chi connectivity index (χ1v) is 8.95. The number of rotatable bonds is 1. The monoisotopic (exact) mass is 318 g/mol. The summed E-state index contributed by atoms with van der Waals surface area (Å²) in [6.45, 7) is 12.3. The minimum absolute atomic E-state index is 0.0555. The van der Waals surface area contributed by atoms with Crippen LogP contribution in [0.1, 0.15) is 53.4 Å². The molecule has 3 rings (SSSR count). The average Bonchev–Trinajstić information content (AvgIpc) is 2.83. The van der Waals surface area contributed by atoms with E-state index in [0.717, 1.165) is 24.8 Å². The van der Waals surface area contributed by atoms with E-state index in [-0.39, 0.29) is 35.9 Å². The zero-order valence-electron chi connectivity index (χ0n) is 14.8. The third-order valence-electron chi connectivity index (χ3n) is 6.28. The Kier molecular flexibility index (Phi) is 4.31. The Balaban J connectivity index is 2.06. The number of allylic oxidation sites excluding steroid dienone is 2. The molecule has 3 heteroatoms. The maximum Gasteiger partial charge on any atom is 0.141 e. The molecule has 128 valence electrons. The van der Waals surface area contributed by atoms with E-state index in [1.165, 1.54) is 5.57 Å². The SMILES string of the molecule is C=C(C)[C@H]1C[C@@H](C)C(=O)[C@H]2[C@@H]1[C@H]1O[C@@H]2C/C(C)=C\CC[C@@]1(C)O. The van der Waals surface area contributed by atoms with Crippen LogP contribution >= 0.6 is 0 Å². The molecular weight excluding hydrogens is 288 g/mol. The Morgan fingerprint density at radius 1 is 1.48 bits per heavy atom. The lowest BCUT2D eigenvalue weighted by Crippen LogP contribution is -2.50. The van der Waals surface area contributed by atoms with Crippen LogP contribution in [-0.4, -0.2) is 28.7 Å². The van der Waals surface area contributed by atoms with E-state index in [2.05, 4.69) is 26.5 Å². The Morgan fingerprint density at radius 3 is 2.83 bits per heavy atom. The summed E-state index contributed by atoms with van der Waals surface area (Å²) < 4.78 is 6.36. The number of hydrogen-bond donors (Lipinski definition) is 1. The summed E-state index contributed by atoms with van der Waals surface area (Å²) in [6.07, 6.45) is 5.02. The lowest BCUT2D eigenvalue weighted by molar-refractivity contribution is -0.133. The van der Waals surface area contributed by atoms with Crippen LogP contribution in [0, 0.1) is 23.7 Å². The van der Waals surface area contributed by atoms with Crippen LogP contribution in [0.25, 0.3) is 0 Å². The van der Waals surface area contributed by atoms with Gasteiger partial charge in [0.1, 0.15) is 5.78 Å². The molecule has 0 aromatic heterocycles. The van der Waals surface area contributed by atoms with E-state index < -0.39 is 5.60 Å². The highest BCUT2D eigenvalue weighted by atomic mass is 16.5. The molecule has 23 heavy (non-hydrogen) atoms. The number of ether oxygens (including phenoxy) is 1. The predicted molar refractivity (Wildman–Crippen MR) is 91.0 cm³/mol. The lowest BCUT2D eigenvalue weighted by Gasteiger charge is -2.42.